The van der Waals surface area contributed by atoms with E-state index >= 15 is 0 Å². The van der Waals surface area contributed by atoms with Gasteiger partial charge >= 0.3 is 0 Å². The molecule has 1 aliphatic rings. The first-order valence-corrected chi connectivity index (χ1v) is 8.61. The highest BCUT2D eigenvalue weighted by molar-refractivity contribution is 5.76. The monoisotopic (exact) mass is 334 g/mol. The molecule has 1 fully saturated rings. The second kappa shape index (κ2) is 7.80. The van der Waals surface area contributed by atoms with Gasteiger partial charge in [0.25, 0.3) is 0 Å². The molecule has 5 heteroatoms. The van der Waals surface area contributed by atoms with Gasteiger partial charge in [-0.05, 0) is 31.0 Å². The minimum Gasteiger partial charge on any atom is -0.352 e. The normalized spacial score (nSPS) is 14.2. The lowest BCUT2D eigenvalue weighted by Gasteiger charge is -2.35. The molecule has 2 aromatic rings. The number of rotatable bonds is 4. The van der Waals surface area contributed by atoms with Gasteiger partial charge in [0.1, 0.15) is 11.9 Å². The minimum atomic E-state index is 0.197. The average Bonchev–Trinajstić information content (AvgIpc) is 2.66. The molecule has 1 saturated heterocycles. The summed E-state index contributed by atoms with van der Waals surface area (Å²) in [5.41, 5.74) is 3.02. The highest BCUT2D eigenvalue weighted by Gasteiger charge is 2.23. The number of carbonyl (C=O) groups excluding carboxylic acids is 1. The Kier molecular flexibility index (Phi) is 5.30. The Morgan fingerprint density at radius 3 is 2.72 bits per heavy atom. The number of aromatic nitrogens is 1. The van der Waals surface area contributed by atoms with Gasteiger partial charge in [-0.25, -0.2) is 4.98 Å². The summed E-state index contributed by atoms with van der Waals surface area (Å²) in [7, 11) is 0. The zero-order valence-corrected chi connectivity index (χ0v) is 14.5. The first-order chi connectivity index (χ1) is 12.2. The fourth-order valence-corrected chi connectivity index (χ4v) is 3.18. The number of hydrogen-bond acceptors (Lipinski definition) is 4. The summed E-state index contributed by atoms with van der Waals surface area (Å²) in [6, 6.07) is 14.0. The maximum Gasteiger partial charge on any atom is 0.223 e. The number of amides is 1. The van der Waals surface area contributed by atoms with Gasteiger partial charge in [-0.2, -0.15) is 5.26 Å². The molecule has 5 nitrogen and oxygen atoms in total. The van der Waals surface area contributed by atoms with Crippen molar-refractivity contribution in [2.45, 2.75) is 19.8 Å². The lowest BCUT2D eigenvalue weighted by Crippen LogP contribution is -2.49. The van der Waals surface area contributed by atoms with Gasteiger partial charge in [0.05, 0.1) is 5.56 Å². The van der Waals surface area contributed by atoms with Crippen molar-refractivity contribution in [1.82, 2.24) is 9.88 Å². The zero-order chi connectivity index (χ0) is 17.6. The van der Waals surface area contributed by atoms with Crippen LogP contribution in [-0.2, 0) is 11.2 Å². The van der Waals surface area contributed by atoms with Crippen LogP contribution < -0.4 is 4.90 Å². The molecule has 2 heterocycles. The third kappa shape index (κ3) is 4.16. The van der Waals surface area contributed by atoms with Crippen LogP contribution in [-0.4, -0.2) is 42.0 Å². The Hall–Kier alpha value is -2.87. The molecule has 1 aromatic heterocycles. The third-order valence-corrected chi connectivity index (χ3v) is 4.55. The zero-order valence-electron chi connectivity index (χ0n) is 14.5. The molecule has 0 spiro atoms. The molecule has 1 amide bonds. The van der Waals surface area contributed by atoms with Crippen molar-refractivity contribution >= 4 is 11.7 Å². The van der Waals surface area contributed by atoms with Crippen molar-refractivity contribution < 1.29 is 4.79 Å². The van der Waals surface area contributed by atoms with Crippen molar-refractivity contribution in [1.29, 1.82) is 5.26 Å². The van der Waals surface area contributed by atoms with E-state index in [-0.39, 0.29) is 5.91 Å². The quantitative estimate of drug-likeness (QED) is 0.862. The van der Waals surface area contributed by atoms with E-state index < -0.39 is 0 Å². The molecule has 0 aliphatic carbocycles. The van der Waals surface area contributed by atoms with Crippen molar-refractivity contribution in [2.24, 2.45) is 0 Å². The maximum atomic E-state index is 12.5. The highest BCUT2D eigenvalue weighted by Crippen LogP contribution is 2.18. The van der Waals surface area contributed by atoms with Crippen LogP contribution in [0.15, 0.2) is 42.6 Å². The van der Waals surface area contributed by atoms with Gasteiger partial charge in [-0.1, -0.05) is 29.8 Å². The van der Waals surface area contributed by atoms with E-state index in [2.05, 4.69) is 41.1 Å². The number of piperazine rings is 1. The standard InChI is InChI=1S/C20H22N4O/c1-16-4-2-5-17(14-16)7-8-19(25)23-10-12-24(13-11-23)20-18(15-21)6-3-9-22-20/h2-6,9,14H,7-8,10-13H2,1H3. The van der Waals surface area contributed by atoms with E-state index in [1.165, 1.54) is 11.1 Å². The smallest absolute Gasteiger partial charge is 0.223 e. The lowest BCUT2D eigenvalue weighted by atomic mass is 10.1. The Morgan fingerprint density at radius 1 is 1.20 bits per heavy atom. The van der Waals surface area contributed by atoms with Crippen molar-refractivity contribution in [3.05, 3.63) is 59.3 Å². The Bertz CT molecular complexity index is 788. The second-order valence-electron chi connectivity index (χ2n) is 6.34. The summed E-state index contributed by atoms with van der Waals surface area (Å²) < 4.78 is 0. The highest BCUT2D eigenvalue weighted by atomic mass is 16.2. The van der Waals surface area contributed by atoms with E-state index in [9.17, 15) is 10.1 Å². The topological polar surface area (TPSA) is 60.2 Å². The van der Waals surface area contributed by atoms with E-state index in [0.717, 1.165) is 12.2 Å². The van der Waals surface area contributed by atoms with Crippen molar-refractivity contribution in [3.8, 4) is 6.07 Å². The first-order valence-electron chi connectivity index (χ1n) is 8.61. The van der Waals surface area contributed by atoms with Gasteiger partial charge in [0.15, 0.2) is 0 Å². The van der Waals surface area contributed by atoms with Gasteiger partial charge in [-0.15, -0.1) is 0 Å². The molecule has 25 heavy (non-hydrogen) atoms. The third-order valence-electron chi connectivity index (χ3n) is 4.55. The maximum absolute atomic E-state index is 12.5. The predicted octanol–water partition coefficient (Wildman–Crippen LogP) is 2.54. The SMILES string of the molecule is Cc1cccc(CCC(=O)N2CCN(c3ncccc3C#N)CC2)c1. The number of carbonyl (C=O) groups is 1. The van der Waals surface area contributed by atoms with E-state index in [4.69, 9.17) is 0 Å². The number of nitriles is 1. The molecular weight excluding hydrogens is 312 g/mol. The largest absolute Gasteiger partial charge is 0.352 e. The summed E-state index contributed by atoms with van der Waals surface area (Å²) in [6.45, 7) is 4.84. The van der Waals surface area contributed by atoms with Crippen LogP contribution in [0.4, 0.5) is 5.82 Å². The molecule has 0 radical (unpaired) electrons. The van der Waals surface area contributed by atoms with Gasteiger partial charge in [0.2, 0.25) is 5.91 Å². The number of anilines is 1. The number of pyridine rings is 1. The lowest BCUT2D eigenvalue weighted by molar-refractivity contribution is -0.131. The van der Waals surface area contributed by atoms with Crippen molar-refractivity contribution in [3.63, 3.8) is 0 Å². The molecule has 0 N–H and O–H groups in total. The molecule has 0 bridgehead atoms. The number of benzene rings is 1. The molecule has 0 atom stereocenters. The number of aryl methyl sites for hydroxylation is 2. The minimum absolute atomic E-state index is 0.197. The first kappa shape index (κ1) is 17.0. The van der Waals surface area contributed by atoms with Crippen LogP contribution in [0.2, 0.25) is 0 Å². The molecule has 1 aliphatic heterocycles. The summed E-state index contributed by atoms with van der Waals surface area (Å²) in [4.78, 5) is 20.8. The van der Waals surface area contributed by atoms with Crippen LogP contribution in [0, 0.1) is 18.3 Å². The Balaban J connectivity index is 1.53. The molecule has 128 valence electrons. The van der Waals surface area contributed by atoms with Crippen LogP contribution in [0.25, 0.3) is 0 Å². The number of nitrogens with zero attached hydrogens (tertiary/aromatic N) is 4. The second-order valence-corrected chi connectivity index (χ2v) is 6.34. The van der Waals surface area contributed by atoms with Crippen LogP contribution in [0.5, 0.6) is 0 Å². The molecule has 3 rings (SSSR count). The average molecular weight is 334 g/mol. The van der Waals surface area contributed by atoms with Gasteiger partial charge < -0.3 is 9.80 Å². The summed E-state index contributed by atoms with van der Waals surface area (Å²) in [5, 5.41) is 9.21. The fourth-order valence-electron chi connectivity index (χ4n) is 3.18. The molecular formula is C20H22N4O. The predicted molar refractivity (Wildman–Crippen MR) is 97.2 cm³/mol. The summed E-state index contributed by atoms with van der Waals surface area (Å²) in [6.07, 6.45) is 3.02. The van der Waals surface area contributed by atoms with E-state index in [0.29, 0.717) is 38.2 Å². The van der Waals surface area contributed by atoms with Crippen LogP contribution >= 0.6 is 0 Å². The van der Waals surface area contributed by atoms with Crippen LogP contribution in [0.3, 0.4) is 0 Å². The molecule has 1 aromatic carbocycles. The fraction of sp³-hybridized carbons (Fsp3) is 0.350. The van der Waals surface area contributed by atoms with Gasteiger partial charge in [-0.3, -0.25) is 4.79 Å². The number of hydrogen-bond donors (Lipinski definition) is 0. The summed E-state index contributed by atoms with van der Waals surface area (Å²) in [5.74, 6) is 0.916. The van der Waals surface area contributed by atoms with E-state index in [1.54, 1.807) is 18.3 Å². The molecule has 0 saturated carbocycles. The van der Waals surface area contributed by atoms with Crippen LogP contribution in [0.1, 0.15) is 23.1 Å². The van der Waals surface area contributed by atoms with Gasteiger partial charge in [0, 0.05) is 38.8 Å². The Morgan fingerprint density at radius 2 is 2.00 bits per heavy atom. The molecule has 0 unspecified atom stereocenters. The summed E-state index contributed by atoms with van der Waals surface area (Å²) >= 11 is 0. The Labute approximate surface area is 148 Å². The van der Waals surface area contributed by atoms with E-state index in [1.807, 2.05) is 11.0 Å². The van der Waals surface area contributed by atoms with Crippen molar-refractivity contribution in [2.75, 3.05) is 31.1 Å².